The van der Waals surface area contributed by atoms with Crippen LogP contribution in [0.15, 0.2) is 27.4 Å². The Morgan fingerprint density at radius 3 is 3.06 bits per heavy atom. The monoisotopic (exact) mass is 222 g/mol. The first kappa shape index (κ1) is 10.3. The van der Waals surface area contributed by atoms with Crippen LogP contribution in [0.5, 0.6) is 0 Å². The summed E-state index contributed by atoms with van der Waals surface area (Å²) in [5, 5.41) is 0. The maximum atomic E-state index is 11.4. The van der Waals surface area contributed by atoms with Crippen molar-refractivity contribution in [3.05, 3.63) is 24.3 Å². The maximum absolute atomic E-state index is 11.4. The number of nitrogen functional groups attached to an aromatic ring is 1. The van der Waals surface area contributed by atoms with Gasteiger partial charge in [-0.25, -0.2) is 4.79 Å². The van der Waals surface area contributed by atoms with E-state index in [1.165, 1.54) is 12.5 Å². The fraction of sp³-hybridized carbons (Fsp3) is 0.200. The number of carbonyl (C=O) groups is 1. The van der Waals surface area contributed by atoms with E-state index in [-0.39, 0.29) is 24.1 Å². The highest BCUT2D eigenvalue weighted by molar-refractivity contribution is 5.92. The summed E-state index contributed by atoms with van der Waals surface area (Å²) in [6, 6.07) is 1.65. The summed E-state index contributed by atoms with van der Waals surface area (Å²) < 4.78 is 14.8. The normalized spacial score (nSPS) is 10.3. The number of aromatic nitrogens is 1. The molecule has 0 bridgehead atoms. The minimum Gasteiger partial charge on any atom is -0.472 e. The molecule has 2 aromatic heterocycles. The molecule has 0 saturated carbocycles. The first-order valence-corrected chi connectivity index (χ1v) is 4.68. The van der Waals surface area contributed by atoms with Gasteiger partial charge in [-0.1, -0.05) is 0 Å². The van der Waals surface area contributed by atoms with Crippen LogP contribution in [0.4, 0.5) is 5.88 Å². The van der Waals surface area contributed by atoms with E-state index >= 15 is 0 Å². The van der Waals surface area contributed by atoms with E-state index in [2.05, 4.69) is 4.98 Å². The Kier molecular flexibility index (Phi) is 2.63. The van der Waals surface area contributed by atoms with Crippen LogP contribution in [0, 0.1) is 0 Å². The number of oxazole rings is 1. The molecule has 6 nitrogen and oxygen atoms in total. The fourth-order valence-electron chi connectivity index (χ4n) is 1.19. The Morgan fingerprint density at radius 1 is 1.62 bits per heavy atom. The van der Waals surface area contributed by atoms with E-state index in [9.17, 15) is 4.79 Å². The number of furan rings is 1. The molecule has 2 aromatic rings. The topological polar surface area (TPSA) is 91.5 Å². The van der Waals surface area contributed by atoms with Gasteiger partial charge in [0.2, 0.25) is 17.5 Å². The Hall–Kier alpha value is -2.24. The molecule has 0 radical (unpaired) electrons. The first-order valence-electron chi connectivity index (χ1n) is 4.68. The molecule has 0 fully saturated rings. The molecule has 6 heteroatoms. The van der Waals surface area contributed by atoms with Crippen LogP contribution in [0.3, 0.4) is 0 Å². The molecule has 0 unspecified atom stereocenters. The highest BCUT2D eigenvalue weighted by atomic mass is 16.5. The fourth-order valence-corrected chi connectivity index (χ4v) is 1.19. The van der Waals surface area contributed by atoms with Gasteiger partial charge < -0.3 is 19.3 Å². The van der Waals surface area contributed by atoms with Crippen LogP contribution >= 0.6 is 0 Å². The number of anilines is 1. The van der Waals surface area contributed by atoms with E-state index in [1.807, 2.05) is 0 Å². The minimum atomic E-state index is -0.599. The molecule has 0 aliphatic carbocycles. The second-order valence-corrected chi connectivity index (χ2v) is 2.96. The number of esters is 1. The molecule has 0 spiro atoms. The maximum Gasteiger partial charge on any atom is 0.362 e. The SMILES string of the molecule is CCOC(=O)c1nc(-c2ccoc2)oc1N. The van der Waals surface area contributed by atoms with Gasteiger partial charge in [-0.15, -0.1) is 0 Å². The third-order valence-electron chi connectivity index (χ3n) is 1.89. The van der Waals surface area contributed by atoms with Gasteiger partial charge in [0.05, 0.1) is 18.4 Å². The zero-order valence-electron chi connectivity index (χ0n) is 8.60. The van der Waals surface area contributed by atoms with Crippen molar-refractivity contribution in [2.45, 2.75) is 6.92 Å². The van der Waals surface area contributed by atoms with Gasteiger partial charge in [-0.05, 0) is 13.0 Å². The number of nitrogens with two attached hydrogens (primary N) is 1. The summed E-state index contributed by atoms with van der Waals surface area (Å²) in [4.78, 5) is 15.3. The van der Waals surface area contributed by atoms with Crippen LogP contribution in [-0.2, 0) is 4.74 Å². The van der Waals surface area contributed by atoms with Crippen LogP contribution in [0.2, 0.25) is 0 Å². The Labute approximate surface area is 91.0 Å². The average Bonchev–Trinajstić information content (AvgIpc) is 2.86. The number of hydrogen-bond acceptors (Lipinski definition) is 6. The largest absolute Gasteiger partial charge is 0.472 e. The van der Waals surface area contributed by atoms with Crippen LogP contribution in [-0.4, -0.2) is 17.6 Å². The number of rotatable bonds is 3. The molecule has 0 aliphatic heterocycles. The van der Waals surface area contributed by atoms with Gasteiger partial charge in [-0.2, -0.15) is 4.98 Å². The third kappa shape index (κ3) is 1.77. The lowest BCUT2D eigenvalue weighted by molar-refractivity contribution is 0.0521. The van der Waals surface area contributed by atoms with Crippen molar-refractivity contribution in [2.24, 2.45) is 0 Å². The highest BCUT2D eigenvalue weighted by Gasteiger charge is 2.20. The molecular weight excluding hydrogens is 212 g/mol. The smallest absolute Gasteiger partial charge is 0.362 e. The molecular formula is C10H10N2O4. The lowest BCUT2D eigenvalue weighted by atomic mass is 10.3. The van der Waals surface area contributed by atoms with Crippen molar-refractivity contribution < 1.29 is 18.4 Å². The van der Waals surface area contributed by atoms with Crippen molar-refractivity contribution in [3.8, 4) is 11.5 Å². The zero-order valence-corrected chi connectivity index (χ0v) is 8.60. The highest BCUT2D eigenvalue weighted by Crippen LogP contribution is 2.24. The summed E-state index contributed by atoms with van der Waals surface area (Å²) in [6.45, 7) is 1.96. The Balaban J connectivity index is 2.32. The van der Waals surface area contributed by atoms with Gasteiger partial charge in [0.25, 0.3) is 0 Å². The Morgan fingerprint density at radius 2 is 2.44 bits per heavy atom. The van der Waals surface area contributed by atoms with Gasteiger partial charge in [0.1, 0.15) is 6.26 Å². The number of carbonyl (C=O) groups excluding carboxylic acids is 1. The van der Waals surface area contributed by atoms with Gasteiger partial charge in [0.15, 0.2) is 0 Å². The number of ether oxygens (including phenoxy) is 1. The molecule has 0 atom stereocenters. The zero-order chi connectivity index (χ0) is 11.5. The van der Waals surface area contributed by atoms with Gasteiger partial charge >= 0.3 is 5.97 Å². The summed E-state index contributed by atoms with van der Waals surface area (Å²) in [5.41, 5.74) is 6.12. The molecule has 0 aromatic carbocycles. The van der Waals surface area contributed by atoms with E-state index in [0.29, 0.717) is 5.56 Å². The molecule has 0 aliphatic rings. The molecule has 2 heterocycles. The van der Waals surface area contributed by atoms with Crippen molar-refractivity contribution in [1.82, 2.24) is 4.98 Å². The summed E-state index contributed by atoms with van der Waals surface area (Å²) in [6.07, 6.45) is 2.92. The van der Waals surface area contributed by atoms with Gasteiger partial charge in [0, 0.05) is 0 Å². The lowest BCUT2D eigenvalue weighted by Gasteiger charge is -1.96. The van der Waals surface area contributed by atoms with Gasteiger partial charge in [-0.3, -0.25) is 0 Å². The molecule has 2 rings (SSSR count). The number of hydrogen-bond donors (Lipinski definition) is 1. The second-order valence-electron chi connectivity index (χ2n) is 2.96. The average molecular weight is 222 g/mol. The van der Waals surface area contributed by atoms with Crippen molar-refractivity contribution in [3.63, 3.8) is 0 Å². The molecule has 84 valence electrons. The molecule has 2 N–H and O–H groups in total. The van der Waals surface area contributed by atoms with E-state index < -0.39 is 5.97 Å². The van der Waals surface area contributed by atoms with Crippen molar-refractivity contribution >= 4 is 11.9 Å². The van der Waals surface area contributed by atoms with Crippen molar-refractivity contribution in [2.75, 3.05) is 12.3 Å². The van der Waals surface area contributed by atoms with Crippen LogP contribution in [0.1, 0.15) is 17.4 Å². The minimum absolute atomic E-state index is 0.0157. The van der Waals surface area contributed by atoms with Crippen LogP contribution < -0.4 is 5.73 Å². The first-order chi connectivity index (χ1) is 7.72. The quantitative estimate of drug-likeness (QED) is 0.794. The molecule has 0 amide bonds. The standard InChI is InChI=1S/C10H10N2O4/c1-2-15-10(13)7-8(11)16-9(12-7)6-3-4-14-5-6/h3-5H,2,11H2,1H3. The van der Waals surface area contributed by atoms with E-state index in [4.69, 9.17) is 19.3 Å². The van der Waals surface area contributed by atoms with Crippen LogP contribution in [0.25, 0.3) is 11.5 Å². The number of nitrogens with zero attached hydrogens (tertiary/aromatic N) is 1. The van der Waals surface area contributed by atoms with Crippen molar-refractivity contribution in [1.29, 1.82) is 0 Å². The molecule has 0 saturated heterocycles. The summed E-state index contributed by atoms with van der Waals surface area (Å²) >= 11 is 0. The molecule has 16 heavy (non-hydrogen) atoms. The summed E-state index contributed by atoms with van der Waals surface area (Å²) in [7, 11) is 0. The lowest BCUT2D eigenvalue weighted by Crippen LogP contribution is -2.07. The predicted octanol–water partition coefficient (Wildman–Crippen LogP) is 1.69. The second kappa shape index (κ2) is 4.09. The van der Waals surface area contributed by atoms with E-state index in [0.717, 1.165) is 0 Å². The van der Waals surface area contributed by atoms with E-state index in [1.54, 1.807) is 13.0 Å². The summed E-state index contributed by atoms with van der Waals surface area (Å²) in [5.74, 6) is -0.428. The predicted molar refractivity (Wildman–Crippen MR) is 54.6 cm³/mol. The third-order valence-corrected chi connectivity index (χ3v) is 1.89. The Bertz CT molecular complexity index is 487.